The summed E-state index contributed by atoms with van der Waals surface area (Å²) in [4.78, 5) is 11.6. The first-order chi connectivity index (χ1) is 7.15. The smallest absolute Gasteiger partial charge is 0.313 e. The predicted molar refractivity (Wildman–Crippen MR) is 57.5 cm³/mol. The van der Waals surface area contributed by atoms with Crippen molar-refractivity contribution in [1.29, 1.82) is 0 Å². The highest BCUT2D eigenvalue weighted by molar-refractivity contribution is 5.80. The van der Waals surface area contributed by atoms with Gasteiger partial charge >= 0.3 is 5.97 Å². The molecule has 0 aliphatic heterocycles. The summed E-state index contributed by atoms with van der Waals surface area (Å²) in [7, 11) is 1.42. The minimum Gasteiger partial charge on any atom is -0.469 e. The summed E-state index contributed by atoms with van der Waals surface area (Å²) in [5.74, 6) is -0.366. The Morgan fingerprint density at radius 1 is 1.53 bits per heavy atom. The largest absolute Gasteiger partial charge is 0.469 e. The van der Waals surface area contributed by atoms with Gasteiger partial charge in [-0.1, -0.05) is 18.2 Å². The molecule has 0 aromatic heterocycles. The third-order valence-electron chi connectivity index (χ3n) is 3.08. The third kappa shape index (κ3) is 1.53. The molecule has 0 spiro atoms. The van der Waals surface area contributed by atoms with Crippen LogP contribution in [-0.2, 0) is 9.53 Å². The Bertz CT molecular complexity index is 401. The maximum atomic E-state index is 11.6. The molecule has 0 saturated heterocycles. The van der Waals surface area contributed by atoms with Crippen LogP contribution in [0.2, 0.25) is 0 Å². The summed E-state index contributed by atoms with van der Waals surface area (Å²) in [5.41, 5.74) is 9.34. The van der Waals surface area contributed by atoms with Crippen molar-refractivity contribution >= 4 is 5.97 Å². The topological polar surface area (TPSA) is 52.3 Å². The molecule has 0 bridgehead atoms. The second-order valence-electron chi connectivity index (χ2n) is 4.00. The molecule has 2 rings (SSSR count). The molecule has 2 atom stereocenters. The molecule has 0 radical (unpaired) electrons. The number of esters is 1. The van der Waals surface area contributed by atoms with E-state index in [-0.39, 0.29) is 17.9 Å². The van der Waals surface area contributed by atoms with Gasteiger partial charge in [0, 0.05) is 6.04 Å². The van der Waals surface area contributed by atoms with Gasteiger partial charge in [-0.2, -0.15) is 0 Å². The van der Waals surface area contributed by atoms with Gasteiger partial charge in [-0.05, 0) is 30.0 Å². The van der Waals surface area contributed by atoms with Crippen LogP contribution in [0.3, 0.4) is 0 Å². The molecular formula is C12H15NO2. The summed E-state index contributed by atoms with van der Waals surface area (Å²) >= 11 is 0. The Balaban J connectivity index is 2.47. The van der Waals surface area contributed by atoms with Crippen molar-refractivity contribution in [3.8, 4) is 0 Å². The second-order valence-corrected chi connectivity index (χ2v) is 4.00. The fourth-order valence-corrected chi connectivity index (χ4v) is 2.38. The lowest BCUT2D eigenvalue weighted by atomic mass is 9.99. The Kier molecular flexibility index (Phi) is 2.49. The highest BCUT2D eigenvalue weighted by Gasteiger charge is 2.34. The SMILES string of the molecule is COC(=O)C1CC(N)c2c(C)cccc21. The molecule has 3 heteroatoms. The van der Waals surface area contributed by atoms with E-state index in [2.05, 4.69) is 0 Å². The average molecular weight is 205 g/mol. The third-order valence-corrected chi connectivity index (χ3v) is 3.08. The first kappa shape index (κ1) is 10.2. The van der Waals surface area contributed by atoms with Crippen molar-refractivity contribution in [2.75, 3.05) is 7.11 Å². The van der Waals surface area contributed by atoms with E-state index in [9.17, 15) is 4.79 Å². The van der Waals surface area contributed by atoms with E-state index in [0.29, 0.717) is 6.42 Å². The van der Waals surface area contributed by atoms with Crippen LogP contribution < -0.4 is 5.73 Å². The summed E-state index contributed by atoms with van der Waals surface area (Å²) in [5, 5.41) is 0. The predicted octanol–water partition coefficient (Wildman–Crippen LogP) is 1.66. The molecule has 0 amide bonds. The number of fused-ring (bicyclic) bond motifs is 1. The monoisotopic (exact) mass is 205 g/mol. The number of benzene rings is 1. The number of ether oxygens (including phenoxy) is 1. The van der Waals surface area contributed by atoms with Gasteiger partial charge in [-0.3, -0.25) is 4.79 Å². The molecule has 1 aromatic rings. The molecule has 2 unspecified atom stereocenters. The minimum absolute atomic E-state index is 0.0368. The van der Waals surface area contributed by atoms with E-state index in [1.807, 2.05) is 25.1 Å². The number of rotatable bonds is 1. The van der Waals surface area contributed by atoms with Crippen LogP contribution >= 0.6 is 0 Å². The van der Waals surface area contributed by atoms with Crippen LogP contribution in [-0.4, -0.2) is 13.1 Å². The van der Waals surface area contributed by atoms with Gasteiger partial charge in [0.05, 0.1) is 13.0 Å². The average Bonchev–Trinajstić information content (AvgIpc) is 2.56. The second kappa shape index (κ2) is 3.66. The van der Waals surface area contributed by atoms with Crippen LogP contribution in [0.5, 0.6) is 0 Å². The molecule has 2 N–H and O–H groups in total. The molecule has 0 saturated carbocycles. The van der Waals surface area contributed by atoms with E-state index < -0.39 is 0 Å². The molecule has 1 aliphatic rings. The molecule has 3 nitrogen and oxygen atoms in total. The number of carbonyl (C=O) groups is 1. The van der Waals surface area contributed by atoms with Gasteiger partial charge in [0.25, 0.3) is 0 Å². The van der Waals surface area contributed by atoms with E-state index >= 15 is 0 Å². The van der Waals surface area contributed by atoms with E-state index in [1.54, 1.807) is 0 Å². The van der Waals surface area contributed by atoms with E-state index in [4.69, 9.17) is 10.5 Å². The first-order valence-electron chi connectivity index (χ1n) is 5.08. The first-order valence-corrected chi connectivity index (χ1v) is 5.08. The van der Waals surface area contributed by atoms with Gasteiger partial charge in [0.1, 0.15) is 0 Å². The molecule has 1 aromatic carbocycles. The number of carbonyl (C=O) groups excluding carboxylic acids is 1. The minimum atomic E-state index is -0.185. The summed E-state index contributed by atoms with van der Waals surface area (Å²) < 4.78 is 4.78. The number of hydrogen-bond donors (Lipinski definition) is 1. The van der Waals surface area contributed by atoms with Crippen molar-refractivity contribution in [3.63, 3.8) is 0 Å². The number of hydrogen-bond acceptors (Lipinski definition) is 3. The standard InChI is InChI=1S/C12H15NO2/c1-7-4-3-5-8-9(12(14)15-2)6-10(13)11(7)8/h3-5,9-10H,6,13H2,1-2H3. The zero-order chi connectivity index (χ0) is 11.0. The molecule has 1 aliphatic carbocycles. The van der Waals surface area contributed by atoms with Crippen LogP contribution in [0.25, 0.3) is 0 Å². The lowest BCUT2D eigenvalue weighted by molar-refractivity contribution is -0.142. The molecule has 15 heavy (non-hydrogen) atoms. The fourth-order valence-electron chi connectivity index (χ4n) is 2.38. The van der Waals surface area contributed by atoms with Gasteiger partial charge in [-0.15, -0.1) is 0 Å². The van der Waals surface area contributed by atoms with Gasteiger partial charge < -0.3 is 10.5 Å². The van der Waals surface area contributed by atoms with Crippen LogP contribution in [0.4, 0.5) is 0 Å². The van der Waals surface area contributed by atoms with Crippen LogP contribution in [0, 0.1) is 6.92 Å². The Morgan fingerprint density at radius 3 is 2.93 bits per heavy atom. The molecule has 0 fully saturated rings. The maximum Gasteiger partial charge on any atom is 0.313 e. The Labute approximate surface area is 89.2 Å². The van der Waals surface area contributed by atoms with Gasteiger partial charge in [0.15, 0.2) is 0 Å². The Morgan fingerprint density at radius 2 is 2.27 bits per heavy atom. The van der Waals surface area contributed by atoms with Crippen molar-refractivity contribution in [3.05, 3.63) is 34.9 Å². The number of methoxy groups -OCH3 is 1. The molecular weight excluding hydrogens is 190 g/mol. The van der Waals surface area contributed by atoms with E-state index in [0.717, 1.165) is 16.7 Å². The lowest BCUT2D eigenvalue weighted by Crippen LogP contribution is -2.12. The summed E-state index contributed by atoms with van der Waals surface area (Å²) in [6, 6.07) is 5.92. The molecule has 0 heterocycles. The zero-order valence-corrected chi connectivity index (χ0v) is 8.99. The van der Waals surface area contributed by atoms with Gasteiger partial charge in [0.2, 0.25) is 0 Å². The fraction of sp³-hybridized carbons (Fsp3) is 0.417. The van der Waals surface area contributed by atoms with E-state index in [1.165, 1.54) is 7.11 Å². The van der Waals surface area contributed by atoms with Crippen molar-refractivity contribution in [2.24, 2.45) is 5.73 Å². The summed E-state index contributed by atoms with van der Waals surface area (Å²) in [6.45, 7) is 2.03. The van der Waals surface area contributed by atoms with Crippen LogP contribution in [0.15, 0.2) is 18.2 Å². The highest BCUT2D eigenvalue weighted by Crippen LogP contribution is 2.40. The lowest BCUT2D eigenvalue weighted by Gasteiger charge is -2.09. The Hall–Kier alpha value is -1.35. The van der Waals surface area contributed by atoms with Gasteiger partial charge in [-0.25, -0.2) is 0 Å². The summed E-state index contributed by atoms with van der Waals surface area (Å²) in [6.07, 6.45) is 0.660. The van der Waals surface area contributed by atoms with Crippen molar-refractivity contribution in [2.45, 2.75) is 25.3 Å². The zero-order valence-electron chi connectivity index (χ0n) is 8.99. The van der Waals surface area contributed by atoms with Crippen LogP contribution in [0.1, 0.15) is 35.1 Å². The quantitative estimate of drug-likeness (QED) is 0.709. The highest BCUT2D eigenvalue weighted by atomic mass is 16.5. The number of aryl methyl sites for hydroxylation is 1. The van der Waals surface area contributed by atoms with Crippen molar-refractivity contribution < 1.29 is 9.53 Å². The maximum absolute atomic E-state index is 11.6. The normalized spacial score (nSPS) is 23.7. The van der Waals surface area contributed by atoms with Crippen molar-refractivity contribution in [1.82, 2.24) is 0 Å². The molecule has 80 valence electrons. The number of nitrogens with two attached hydrogens (primary N) is 1.